The van der Waals surface area contributed by atoms with Crippen LogP contribution in [0.4, 0.5) is 0 Å². The van der Waals surface area contributed by atoms with Crippen molar-refractivity contribution in [1.29, 1.82) is 0 Å². The Kier molecular flexibility index (Phi) is 3.67. The van der Waals surface area contributed by atoms with Crippen molar-refractivity contribution in [1.82, 2.24) is 0 Å². The first kappa shape index (κ1) is 12.0. The first-order valence-corrected chi connectivity index (χ1v) is 6.04. The number of ether oxygens (including phenoxy) is 2. The number of aryl methyl sites for hydroxylation is 2. The Hall–Kier alpha value is -1.51. The van der Waals surface area contributed by atoms with Gasteiger partial charge in [0.1, 0.15) is 11.9 Å². The van der Waals surface area contributed by atoms with Crippen LogP contribution in [0.15, 0.2) is 18.2 Å². The fraction of sp³-hybridized carbons (Fsp3) is 0.500. The van der Waals surface area contributed by atoms with E-state index in [0.29, 0.717) is 0 Å². The summed E-state index contributed by atoms with van der Waals surface area (Å²) in [6.07, 6.45) is 3.68. The molecular formula is C14H18O3. The maximum absolute atomic E-state index is 11.1. The summed E-state index contributed by atoms with van der Waals surface area (Å²) in [7, 11) is 1.39. The van der Waals surface area contributed by atoms with Crippen LogP contribution >= 0.6 is 0 Å². The second kappa shape index (κ2) is 5.21. The highest BCUT2D eigenvalue weighted by atomic mass is 16.5. The van der Waals surface area contributed by atoms with Gasteiger partial charge in [0.2, 0.25) is 0 Å². The van der Waals surface area contributed by atoms with Crippen molar-refractivity contribution in [3.63, 3.8) is 0 Å². The van der Waals surface area contributed by atoms with Crippen molar-refractivity contribution in [2.24, 2.45) is 0 Å². The Morgan fingerprint density at radius 2 is 2.12 bits per heavy atom. The van der Waals surface area contributed by atoms with Crippen LogP contribution in [0.5, 0.6) is 5.75 Å². The number of hydrogen-bond acceptors (Lipinski definition) is 3. The topological polar surface area (TPSA) is 35.5 Å². The van der Waals surface area contributed by atoms with Gasteiger partial charge in [-0.25, -0.2) is 0 Å². The zero-order valence-electron chi connectivity index (χ0n) is 10.4. The van der Waals surface area contributed by atoms with Gasteiger partial charge < -0.3 is 9.47 Å². The van der Waals surface area contributed by atoms with Crippen LogP contribution in [0.3, 0.4) is 0 Å². The van der Waals surface area contributed by atoms with Crippen molar-refractivity contribution in [2.45, 2.75) is 38.7 Å². The van der Waals surface area contributed by atoms with Crippen LogP contribution in [-0.2, 0) is 22.4 Å². The predicted octanol–water partition coefficient (Wildman–Crippen LogP) is 2.51. The predicted molar refractivity (Wildman–Crippen MR) is 65.2 cm³/mol. The summed E-state index contributed by atoms with van der Waals surface area (Å²) in [5, 5.41) is 0. The molecule has 1 atom stereocenters. The molecule has 0 radical (unpaired) electrons. The summed E-state index contributed by atoms with van der Waals surface area (Å²) in [4.78, 5) is 11.1. The zero-order valence-corrected chi connectivity index (χ0v) is 10.4. The van der Waals surface area contributed by atoms with Crippen LogP contribution in [0.25, 0.3) is 0 Å². The van der Waals surface area contributed by atoms with Crippen molar-refractivity contribution in [2.75, 3.05) is 7.11 Å². The van der Waals surface area contributed by atoms with Gasteiger partial charge in [-0.2, -0.15) is 0 Å². The Labute approximate surface area is 102 Å². The SMILES string of the molecule is COC(=O)CC(C)Oc1ccc2c(c1)CCC2. The molecule has 0 aromatic heterocycles. The van der Waals surface area contributed by atoms with Crippen LogP contribution < -0.4 is 4.74 Å². The van der Waals surface area contributed by atoms with E-state index in [9.17, 15) is 4.79 Å². The number of benzene rings is 1. The van der Waals surface area contributed by atoms with Crippen molar-refractivity contribution in [3.05, 3.63) is 29.3 Å². The standard InChI is InChI=1S/C14H18O3/c1-10(8-14(15)16-2)17-13-7-6-11-4-3-5-12(11)9-13/h6-7,9-10H,3-5,8H2,1-2H3. The highest BCUT2D eigenvalue weighted by Gasteiger charge is 2.14. The Morgan fingerprint density at radius 1 is 1.35 bits per heavy atom. The largest absolute Gasteiger partial charge is 0.490 e. The number of carbonyl (C=O) groups excluding carboxylic acids is 1. The number of fused-ring (bicyclic) bond motifs is 1. The van der Waals surface area contributed by atoms with Crippen molar-refractivity contribution in [3.8, 4) is 5.75 Å². The Morgan fingerprint density at radius 3 is 2.88 bits per heavy atom. The lowest BCUT2D eigenvalue weighted by molar-refractivity contribution is -0.142. The number of carbonyl (C=O) groups is 1. The smallest absolute Gasteiger partial charge is 0.309 e. The van der Waals surface area contributed by atoms with Crippen LogP contribution in [0.2, 0.25) is 0 Å². The first-order chi connectivity index (χ1) is 8.19. The summed E-state index contributed by atoms with van der Waals surface area (Å²) in [6, 6.07) is 6.20. The van der Waals surface area contributed by atoms with E-state index in [1.165, 1.54) is 31.1 Å². The summed E-state index contributed by atoms with van der Waals surface area (Å²) in [5.74, 6) is 0.612. The molecule has 1 aliphatic rings. The molecule has 0 amide bonds. The summed E-state index contributed by atoms with van der Waals surface area (Å²) in [5.41, 5.74) is 2.81. The van der Waals surface area contributed by atoms with Gasteiger partial charge in [-0.1, -0.05) is 6.07 Å². The lowest BCUT2D eigenvalue weighted by Gasteiger charge is -2.14. The van der Waals surface area contributed by atoms with E-state index in [1.54, 1.807) is 0 Å². The van der Waals surface area contributed by atoms with E-state index in [4.69, 9.17) is 4.74 Å². The molecule has 0 saturated carbocycles. The lowest BCUT2D eigenvalue weighted by Crippen LogP contribution is -2.18. The molecule has 92 valence electrons. The van der Waals surface area contributed by atoms with Crippen LogP contribution in [0.1, 0.15) is 30.9 Å². The second-order valence-electron chi connectivity index (χ2n) is 4.49. The molecule has 0 spiro atoms. The van der Waals surface area contributed by atoms with E-state index >= 15 is 0 Å². The highest BCUT2D eigenvalue weighted by Crippen LogP contribution is 2.26. The molecule has 0 saturated heterocycles. The van der Waals surface area contributed by atoms with Gasteiger partial charge in [0.25, 0.3) is 0 Å². The molecule has 0 bridgehead atoms. The maximum Gasteiger partial charge on any atom is 0.309 e. The molecule has 1 aromatic rings. The van der Waals surface area contributed by atoms with Gasteiger partial charge in [-0.15, -0.1) is 0 Å². The number of hydrogen-bond donors (Lipinski definition) is 0. The quantitative estimate of drug-likeness (QED) is 0.751. The van der Waals surface area contributed by atoms with Crippen molar-refractivity contribution < 1.29 is 14.3 Å². The normalized spacial score (nSPS) is 15.2. The molecule has 17 heavy (non-hydrogen) atoms. The van der Waals surface area contributed by atoms with E-state index < -0.39 is 0 Å². The first-order valence-electron chi connectivity index (χ1n) is 6.04. The van der Waals surface area contributed by atoms with E-state index in [-0.39, 0.29) is 18.5 Å². The minimum atomic E-state index is -0.237. The third kappa shape index (κ3) is 2.99. The lowest BCUT2D eigenvalue weighted by atomic mass is 10.1. The minimum absolute atomic E-state index is 0.151. The van der Waals surface area contributed by atoms with Crippen molar-refractivity contribution >= 4 is 5.97 Å². The molecule has 2 rings (SSSR count). The molecular weight excluding hydrogens is 216 g/mol. The van der Waals surface area contributed by atoms with Gasteiger partial charge in [0, 0.05) is 0 Å². The van der Waals surface area contributed by atoms with E-state index in [2.05, 4.69) is 16.9 Å². The van der Waals surface area contributed by atoms with E-state index in [0.717, 1.165) is 12.2 Å². The Bertz CT molecular complexity index is 412. The second-order valence-corrected chi connectivity index (χ2v) is 4.49. The fourth-order valence-corrected chi connectivity index (χ4v) is 2.21. The molecule has 3 heteroatoms. The highest BCUT2D eigenvalue weighted by molar-refractivity contribution is 5.69. The number of esters is 1. The molecule has 1 unspecified atom stereocenters. The fourth-order valence-electron chi connectivity index (χ4n) is 2.21. The molecule has 1 aliphatic carbocycles. The molecule has 3 nitrogen and oxygen atoms in total. The van der Waals surface area contributed by atoms with Gasteiger partial charge in [0.05, 0.1) is 13.5 Å². The van der Waals surface area contributed by atoms with Crippen LogP contribution in [0, 0.1) is 0 Å². The maximum atomic E-state index is 11.1. The summed E-state index contributed by atoms with van der Waals surface area (Å²) in [6.45, 7) is 1.88. The average Bonchev–Trinajstić information content (AvgIpc) is 2.75. The summed E-state index contributed by atoms with van der Waals surface area (Å²) < 4.78 is 10.3. The third-order valence-corrected chi connectivity index (χ3v) is 3.09. The number of rotatable bonds is 4. The van der Waals surface area contributed by atoms with Gasteiger partial charge in [-0.3, -0.25) is 4.79 Å². The zero-order chi connectivity index (χ0) is 12.3. The monoisotopic (exact) mass is 234 g/mol. The van der Waals surface area contributed by atoms with Gasteiger partial charge >= 0.3 is 5.97 Å². The van der Waals surface area contributed by atoms with Crippen LogP contribution in [-0.4, -0.2) is 19.2 Å². The minimum Gasteiger partial charge on any atom is -0.490 e. The Balaban J connectivity index is 1.97. The number of methoxy groups -OCH3 is 1. The molecule has 0 aliphatic heterocycles. The molecule has 0 N–H and O–H groups in total. The van der Waals surface area contributed by atoms with E-state index in [1.807, 2.05) is 13.0 Å². The van der Waals surface area contributed by atoms with Gasteiger partial charge in [0.15, 0.2) is 0 Å². The third-order valence-electron chi connectivity index (χ3n) is 3.09. The molecule has 0 fully saturated rings. The average molecular weight is 234 g/mol. The molecule has 1 aromatic carbocycles. The van der Waals surface area contributed by atoms with Gasteiger partial charge in [-0.05, 0) is 49.4 Å². The molecule has 0 heterocycles. The summed E-state index contributed by atoms with van der Waals surface area (Å²) >= 11 is 0.